The Hall–Kier alpha value is -5.22. The van der Waals surface area contributed by atoms with Crippen molar-refractivity contribution in [3.8, 4) is 17.1 Å². The monoisotopic (exact) mass is 594 g/mol. The average molecular weight is 595 g/mol. The molecule has 5 aromatic rings. The Kier molecular flexibility index (Phi) is 7.29. The van der Waals surface area contributed by atoms with Crippen molar-refractivity contribution >= 4 is 40.1 Å². The molecule has 1 aliphatic heterocycles. The van der Waals surface area contributed by atoms with Gasteiger partial charge in [0.05, 0.1) is 35.1 Å². The first kappa shape index (κ1) is 27.9. The fourth-order valence-corrected chi connectivity index (χ4v) is 6.35. The number of nitrogens with zero attached hydrogens (tertiary/aromatic N) is 2. The third-order valence-electron chi connectivity index (χ3n) is 7.24. The van der Waals surface area contributed by atoms with Gasteiger partial charge in [-0.3, -0.25) is 9.36 Å². The number of carboxylic acid groups (broad SMARTS) is 1. The number of hydrogen-bond acceptors (Lipinski definition) is 8. The van der Waals surface area contributed by atoms with Gasteiger partial charge < -0.3 is 19.0 Å². The topological polar surface area (TPSA) is 120 Å². The third kappa shape index (κ3) is 4.95. The van der Waals surface area contributed by atoms with Crippen LogP contribution in [0.5, 0.6) is 5.75 Å². The summed E-state index contributed by atoms with van der Waals surface area (Å²) in [6.45, 7) is 3.62. The largest absolute Gasteiger partial charge is 0.496 e. The summed E-state index contributed by atoms with van der Waals surface area (Å²) >= 11 is 1.18. The highest BCUT2D eigenvalue weighted by molar-refractivity contribution is 7.07. The SMILES string of the molecule is CCOC(=O)C1=C(C)N=c2s/c(=C/c3ccc(-c4cccc(C(=O)O)c4)o3)c(=O)n2C1c1c(OC)ccc2ccccc12. The predicted molar refractivity (Wildman–Crippen MR) is 162 cm³/mol. The van der Waals surface area contributed by atoms with E-state index in [0.717, 1.165) is 10.8 Å². The van der Waals surface area contributed by atoms with E-state index in [-0.39, 0.29) is 23.3 Å². The van der Waals surface area contributed by atoms with Crippen LogP contribution in [0.2, 0.25) is 0 Å². The molecule has 1 unspecified atom stereocenters. The summed E-state index contributed by atoms with van der Waals surface area (Å²) in [7, 11) is 1.55. The molecule has 0 bridgehead atoms. The summed E-state index contributed by atoms with van der Waals surface area (Å²) in [5.41, 5.74) is 1.74. The van der Waals surface area contributed by atoms with Gasteiger partial charge in [0.1, 0.15) is 23.3 Å². The van der Waals surface area contributed by atoms with Gasteiger partial charge in [-0.25, -0.2) is 14.6 Å². The van der Waals surface area contributed by atoms with E-state index in [1.54, 1.807) is 51.3 Å². The van der Waals surface area contributed by atoms with Crippen LogP contribution in [-0.4, -0.2) is 35.3 Å². The molecule has 0 aliphatic carbocycles. The van der Waals surface area contributed by atoms with Crippen LogP contribution in [0.1, 0.15) is 41.6 Å². The zero-order valence-corrected chi connectivity index (χ0v) is 24.3. The van der Waals surface area contributed by atoms with Gasteiger partial charge in [0.2, 0.25) is 0 Å². The van der Waals surface area contributed by atoms with E-state index in [1.807, 2.05) is 36.4 Å². The van der Waals surface area contributed by atoms with E-state index < -0.39 is 18.0 Å². The zero-order valence-electron chi connectivity index (χ0n) is 23.5. The van der Waals surface area contributed by atoms with Gasteiger partial charge in [-0.1, -0.05) is 53.8 Å². The normalized spacial score (nSPS) is 14.9. The molecule has 3 heterocycles. The molecular weight excluding hydrogens is 568 g/mol. The number of carbonyl (C=O) groups excluding carboxylic acids is 1. The Bertz CT molecular complexity index is 2130. The lowest BCUT2D eigenvalue weighted by Gasteiger charge is -2.27. The summed E-state index contributed by atoms with van der Waals surface area (Å²) in [6.07, 6.45) is 1.62. The number of allylic oxidation sites excluding steroid dienone is 1. The van der Waals surface area contributed by atoms with Crippen molar-refractivity contribution in [3.63, 3.8) is 0 Å². The van der Waals surface area contributed by atoms with Crippen LogP contribution >= 0.6 is 11.3 Å². The fourth-order valence-electron chi connectivity index (χ4n) is 5.32. The highest BCUT2D eigenvalue weighted by Gasteiger charge is 2.36. The minimum absolute atomic E-state index is 0.139. The quantitative estimate of drug-likeness (QED) is 0.266. The average Bonchev–Trinajstić information content (AvgIpc) is 3.60. The summed E-state index contributed by atoms with van der Waals surface area (Å²) < 4.78 is 19.1. The van der Waals surface area contributed by atoms with Gasteiger partial charge in [0.15, 0.2) is 4.80 Å². The molecule has 10 heteroatoms. The Labute approximate surface area is 249 Å². The molecule has 0 amide bonds. The van der Waals surface area contributed by atoms with E-state index in [2.05, 4.69) is 4.99 Å². The maximum absolute atomic E-state index is 14.1. The Balaban J connectivity index is 1.54. The molecule has 0 fully saturated rings. The Morgan fingerprint density at radius 1 is 1.09 bits per heavy atom. The summed E-state index contributed by atoms with van der Waals surface area (Å²) in [4.78, 5) is 44.0. The maximum atomic E-state index is 14.1. The Morgan fingerprint density at radius 2 is 1.91 bits per heavy atom. The Morgan fingerprint density at radius 3 is 2.67 bits per heavy atom. The molecule has 6 rings (SSSR count). The molecule has 3 aromatic carbocycles. The lowest BCUT2D eigenvalue weighted by Crippen LogP contribution is -2.40. The number of hydrogen-bond donors (Lipinski definition) is 1. The first-order valence-electron chi connectivity index (χ1n) is 13.5. The number of ether oxygens (including phenoxy) is 2. The molecular formula is C33H26N2O7S. The summed E-state index contributed by atoms with van der Waals surface area (Å²) in [5, 5.41) is 11.1. The van der Waals surface area contributed by atoms with Crippen molar-refractivity contribution in [2.45, 2.75) is 19.9 Å². The fraction of sp³-hybridized carbons (Fsp3) is 0.152. The number of thiazole rings is 1. The molecule has 43 heavy (non-hydrogen) atoms. The molecule has 216 valence electrons. The zero-order chi connectivity index (χ0) is 30.2. The molecule has 9 nitrogen and oxygen atoms in total. The number of benzene rings is 3. The molecule has 1 N–H and O–H groups in total. The number of carboxylic acids is 1. The number of methoxy groups -OCH3 is 1. The van der Waals surface area contributed by atoms with Crippen LogP contribution in [0.15, 0.2) is 98.3 Å². The predicted octanol–water partition coefficient (Wildman–Crippen LogP) is 4.92. The second kappa shape index (κ2) is 11.2. The van der Waals surface area contributed by atoms with Crippen LogP contribution in [-0.2, 0) is 9.53 Å². The van der Waals surface area contributed by atoms with Crippen LogP contribution in [0.3, 0.4) is 0 Å². The van der Waals surface area contributed by atoms with Gasteiger partial charge in [-0.05, 0) is 55.0 Å². The molecule has 1 aliphatic rings. The van der Waals surface area contributed by atoms with E-state index >= 15 is 0 Å². The third-order valence-corrected chi connectivity index (χ3v) is 8.22. The second-order valence-corrected chi connectivity index (χ2v) is 10.8. The highest BCUT2D eigenvalue weighted by Crippen LogP contribution is 2.40. The minimum atomic E-state index is -1.04. The van der Waals surface area contributed by atoms with Gasteiger partial charge in [-0.15, -0.1) is 0 Å². The number of aromatic carboxylic acids is 1. The number of carbonyl (C=O) groups is 2. The standard InChI is InChI=1S/C33H26N2O7S/c1-4-41-32(39)27-18(2)34-33-35(29(27)28-23-11-6-5-8-19(23)12-14-25(28)40-3)30(36)26(43-33)17-22-13-15-24(42-22)20-9-7-10-21(16-20)31(37)38/h5-17,29H,4H2,1-3H3,(H,37,38)/b26-17+. The number of esters is 1. The number of furan rings is 1. The van der Waals surface area contributed by atoms with Crippen molar-refractivity contribution in [3.05, 3.63) is 121 Å². The van der Waals surface area contributed by atoms with E-state index in [0.29, 0.717) is 43.4 Å². The molecule has 1 atom stereocenters. The van der Waals surface area contributed by atoms with Crippen molar-refractivity contribution in [2.24, 2.45) is 4.99 Å². The smallest absolute Gasteiger partial charge is 0.338 e. The summed E-state index contributed by atoms with van der Waals surface area (Å²) in [5.74, 6) is -0.210. The first-order chi connectivity index (χ1) is 20.8. The number of rotatable bonds is 7. The number of aromatic nitrogens is 1. The minimum Gasteiger partial charge on any atom is -0.496 e. The molecule has 0 spiro atoms. The van der Waals surface area contributed by atoms with Gasteiger partial charge in [-0.2, -0.15) is 0 Å². The van der Waals surface area contributed by atoms with Crippen molar-refractivity contribution in [1.29, 1.82) is 0 Å². The lowest BCUT2D eigenvalue weighted by atomic mass is 9.90. The van der Waals surface area contributed by atoms with Crippen LogP contribution in [0.25, 0.3) is 28.2 Å². The van der Waals surface area contributed by atoms with Crippen LogP contribution < -0.4 is 19.6 Å². The maximum Gasteiger partial charge on any atom is 0.338 e. The van der Waals surface area contributed by atoms with Gasteiger partial charge in [0, 0.05) is 17.2 Å². The second-order valence-electron chi connectivity index (χ2n) is 9.79. The molecule has 0 radical (unpaired) electrons. The van der Waals surface area contributed by atoms with Gasteiger partial charge in [0.25, 0.3) is 5.56 Å². The molecule has 0 saturated heterocycles. The van der Waals surface area contributed by atoms with E-state index in [9.17, 15) is 19.5 Å². The molecule has 2 aromatic heterocycles. The van der Waals surface area contributed by atoms with Crippen LogP contribution in [0.4, 0.5) is 0 Å². The highest BCUT2D eigenvalue weighted by atomic mass is 32.1. The van der Waals surface area contributed by atoms with Crippen molar-refractivity contribution in [2.75, 3.05) is 13.7 Å². The number of fused-ring (bicyclic) bond motifs is 2. The van der Waals surface area contributed by atoms with E-state index in [1.165, 1.54) is 28.0 Å². The van der Waals surface area contributed by atoms with E-state index in [4.69, 9.17) is 13.9 Å². The van der Waals surface area contributed by atoms with Crippen molar-refractivity contribution < 1.29 is 28.6 Å². The van der Waals surface area contributed by atoms with Crippen LogP contribution in [0, 0.1) is 0 Å². The summed E-state index contributed by atoms with van der Waals surface area (Å²) in [6, 6.07) is 20.5. The molecule has 0 saturated carbocycles. The lowest BCUT2D eigenvalue weighted by molar-refractivity contribution is -0.139. The first-order valence-corrected chi connectivity index (χ1v) is 14.3. The van der Waals surface area contributed by atoms with Gasteiger partial charge >= 0.3 is 11.9 Å². The van der Waals surface area contributed by atoms with Crippen molar-refractivity contribution in [1.82, 2.24) is 4.57 Å².